The Morgan fingerprint density at radius 1 is 1.25 bits per heavy atom. The number of nitro groups is 1. The zero-order valence-electron chi connectivity index (χ0n) is 11.0. The Morgan fingerprint density at radius 2 is 1.80 bits per heavy atom. The maximum absolute atomic E-state index is 11.4. The Labute approximate surface area is 117 Å². The van der Waals surface area contributed by atoms with Crippen molar-refractivity contribution in [2.24, 2.45) is 4.40 Å². The standard InChI is InChI=1S/C12H15N3O4S/c1-20(18,19)13-12(14-8-2-3-9-14)10-4-6-11(7-5-10)15(16)17/h4-7H,2-3,8-9H2,1H3. The predicted molar refractivity (Wildman–Crippen MR) is 75.3 cm³/mol. The van der Waals surface area contributed by atoms with Crippen LogP contribution in [0.1, 0.15) is 18.4 Å². The van der Waals surface area contributed by atoms with Gasteiger partial charge in [0.2, 0.25) is 0 Å². The maximum atomic E-state index is 11.4. The van der Waals surface area contributed by atoms with Gasteiger partial charge in [-0.1, -0.05) is 0 Å². The van der Waals surface area contributed by atoms with Gasteiger partial charge in [0.05, 0.1) is 11.2 Å². The van der Waals surface area contributed by atoms with Crippen LogP contribution in [-0.2, 0) is 10.0 Å². The lowest BCUT2D eigenvalue weighted by molar-refractivity contribution is -0.384. The van der Waals surface area contributed by atoms with Crippen LogP contribution in [-0.4, -0.2) is 43.4 Å². The third kappa shape index (κ3) is 3.53. The lowest BCUT2D eigenvalue weighted by Crippen LogP contribution is -2.29. The first-order chi connectivity index (χ1) is 9.37. The molecule has 0 radical (unpaired) electrons. The van der Waals surface area contributed by atoms with Crippen molar-refractivity contribution in [1.29, 1.82) is 0 Å². The topological polar surface area (TPSA) is 92.9 Å². The highest BCUT2D eigenvalue weighted by atomic mass is 32.2. The number of likely N-dealkylation sites (tertiary alicyclic amines) is 1. The third-order valence-electron chi connectivity index (χ3n) is 2.99. The molecule has 20 heavy (non-hydrogen) atoms. The summed E-state index contributed by atoms with van der Waals surface area (Å²) in [5.74, 6) is 0.361. The van der Waals surface area contributed by atoms with Crippen LogP contribution in [0.25, 0.3) is 0 Å². The molecule has 0 amide bonds. The molecule has 1 aliphatic rings. The van der Waals surface area contributed by atoms with E-state index in [-0.39, 0.29) is 5.69 Å². The lowest BCUT2D eigenvalue weighted by Gasteiger charge is -2.19. The van der Waals surface area contributed by atoms with E-state index in [9.17, 15) is 18.5 Å². The Balaban J connectivity index is 2.40. The first kappa shape index (κ1) is 14.4. The zero-order chi connectivity index (χ0) is 14.8. The van der Waals surface area contributed by atoms with E-state index >= 15 is 0 Å². The third-order valence-corrected chi connectivity index (χ3v) is 3.50. The zero-order valence-corrected chi connectivity index (χ0v) is 11.8. The number of rotatable bonds is 3. The molecule has 8 heteroatoms. The van der Waals surface area contributed by atoms with Crippen LogP contribution in [0.3, 0.4) is 0 Å². The molecular formula is C12H15N3O4S. The summed E-state index contributed by atoms with van der Waals surface area (Å²) >= 11 is 0. The highest BCUT2D eigenvalue weighted by Crippen LogP contribution is 2.18. The molecule has 7 nitrogen and oxygen atoms in total. The predicted octanol–water partition coefficient (Wildman–Crippen LogP) is 1.40. The molecule has 0 saturated carbocycles. The average molecular weight is 297 g/mol. The monoisotopic (exact) mass is 297 g/mol. The van der Waals surface area contributed by atoms with Crippen molar-refractivity contribution in [2.75, 3.05) is 19.3 Å². The van der Waals surface area contributed by atoms with Crippen LogP contribution in [0, 0.1) is 10.1 Å². The molecule has 1 aliphatic heterocycles. The molecule has 0 unspecified atom stereocenters. The molecule has 1 heterocycles. The SMILES string of the molecule is CS(=O)(=O)N=C(c1ccc([N+](=O)[O-])cc1)N1CCCC1. The summed E-state index contributed by atoms with van der Waals surface area (Å²) < 4.78 is 26.6. The van der Waals surface area contributed by atoms with Crippen molar-refractivity contribution in [3.63, 3.8) is 0 Å². The number of nitro benzene ring substituents is 1. The van der Waals surface area contributed by atoms with Gasteiger partial charge < -0.3 is 4.90 Å². The highest BCUT2D eigenvalue weighted by molar-refractivity contribution is 7.89. The number of hydrogen-bond donors (Lipinski definition) is 0. The van der Waals surface area contributed by atoms with Crippen LogP contribution in [0.2, 0.25) is 0 Å². The minimum absolute atomic E-state index is 0.0334. The Hall–Kier alpha value is -1.96. The molecule has 1 fully saturated rings. The number of benzene rings is 1. The molecule has 1 aromatic carbocycles. The first-order valence-electron chi connectivity index (χ1n) is 6.16. The normalized spacial score (nSPS) is 16.4. The van der Waals surface area contributed by atoms with Crippen molar-refractivity contribution in [1.82, 2.24) is 4.90 Å². The minimum atomic E-state index is -3.52. The Kier molecular flexibility index (Phi) is 4.03. The fourth-order valence-electron chi connectivity index (χ4n) is 2.11. The summed E-state index contributed by atoms with van der Waals surface area (Å²) in [6, 6.07) is 5.76. The number of non-ortho nitro benzene ring substituents is 1. The first-order valence-corrected chi connectivity index (χ1v) is 8.01. The maximum Gasteiger partial charge on any atom is 0.269 e. The van der Waals surface area contributed by atoms with E-state index < -0.39 is 14.9 Å². The fraction of sp³-hybridized carbons (Fsp3) is 0.417. The minimum Gasteiger partial charge on any atom is -0.355 e. The Morgan fingerprint density at radius 3 is 2.25 bits per heavy atom. The quantitative estimate of drug-likeness (QED) is 0.364. The van der Waals surface area contributed by atoms with E-state index in [0.29, 0.717) is 11.4 Å². The molecule has 0 bridgehead atoms. The molecule has 0 spiro atoms. The van der Waals surface area contributed by atoms with E-state index in [4.69, 9.17) is 0 Å². The number of hydrogen-bond acceptors (Lipinski definition) is 4. The fourth-order valence-corrected chi connectivity index (χ4v) is 2.65. The van der Waals surface area contributed by atoms with Crippen LogP contribution in [0.15, 0.2) is 28.7 Å². The number of nitrogens with zero attached hydrogens (tertiary/aromatic N) is 3. The lowest BCUT2D eigenvalue weighted by atomic mass is 10.2. The average Bonchev–Trinajstić information content (AvgIpc) is 2.89. The van der Waals surface area contributed by atoms with Gasteiger partial charge in [0.15, 0.2) is 0 Å². The molecule has 0 N–H and O–H groups in total. The van der Waals surface area contributed by atoms with E-state index in [1.54, 1.807) is 0 Å². The second-order valence-corrected chi connectivity index (χ2v) is 6.29. The van der Waals surface area contributed by atoms with E-state index in [2.05, 4.69) is 4.40 Å². The molecule has 108 valence electrons. The molecule has 0 atom stereocenters. The summed E-state index contributed by atoms with van der Waals surface area (Å²) in [4.78, 5) is 12.0. The van der Waals surface area contributed by atoms with Gasteiger partial charge in [-0.05, 0) is 25.0 Å². The van der Waals surface area contributed by atoms with Crippen LogP contribution >= 0.6 is 0 Å². The van der Waals surface area contributed by atoms with Crippen LogP contribution < -0.4 is 0 Å². The second kappa shape index (κ2) is 5.58. The molecule has 1 aromatic rings. The molecule has 0 aromatic heterocycles. The molecule has 2 rings (SSSR count). The molecule has 1 saturated heterocycles. The van der Waals surface area contributed by atoms with Gasteiger partial charge in [0.25, 0.3) is 15.7 Å². The van der Waals surface area contributed by atoms with Crippen LogP contribution in [0.5, 0.6) is 0 Å². The smallest absolute Gasteiger partial charge is 0.269 e. The van der Waals surface area contributed by atoms with Gasteiger partial charge >= 0.3 is 0 Å². The Bertz CT molecular complexity index is 631. The van der Waals surface area contributed by atoms with E-state index in [1.807, 2.05) is 4.90 Å². The van der Waals surface area contributed by atoms with Crippen molar-refractivity contribution < 1.29 is 13.3 Å². The summed E-state index contributed by atoms with van der Waals surface area (Å²) in [7, 11) is -3.52. The van der Waals surface area contributed by atoms with Crippen molar-refractivity contribution in [3.05, 3.63) is 39.9 Å². The highest BCUT2D eigenvalue weighted by Gasteiger charge is 2.20. The summed E-state index contributed by atoms with van der Waals surface area (Å²) in [5.41, 5.74) is 0.539. The summed E-state index contributed by atoms with van der Waals surface area (Å²) in [6.45, 7) is 1.48. The summed E-state index contributed by atoms with van der Waals surface area (Å²) in [5, 5.41) is 10.6. The van der Waals surface area contributed by atoms with Gasteiger partial charge in [-0.3, -0.25) is 10.1 Å². The molecule has 0 aliphatic carbocycles. The number of amidine groups is 1. The van der Waals surface area contributed by atoms with Gasteiger partial charge in [-0.2, -0.15) is 0 Å². The van der Waals surface area contributed by atoms with E-state index in [0.717, 1.165) is 32.2 Å². The van der Waals surface area contributed by atoms with Crippen molar-refractivity contribution >= 4 is 21.5 Å². The molecular weight excluding hydrogens is 282 g/mol. The van der Waals surface area contributed by atoms with Gasteiger partial charge in [-0.25, -0.2) is 8.42 Å². The largest absolute Gasteiger partial charge is 0.355 e. The van der Waals surface area contributed by atoms with E-state index in [1.165, 1.54) is 24.3 Å². The van der Waals surface area contributed by atoms with Crippen molar-refractivity contribution in [3.8, 4) is 0 Å². The van der Waals surface area contributed by atoms with Crippen LogP contribution in [0.4, 0.5) is 5.69 Å². The van der Waals surface area contributed by atoms with Crippen molar-refractivity contribution in [2.45, 2.75) is 12.8 Å². The van der Waals surface area contributed by atoms with Gasteiger partial charge in [0.1, 0.15) is 5.84 Å². The summed E-state index contributed by atoms with van der Waals surface area (Å²) in [6.07, 6.45) is 3.00. The van der Waals surface area contributed by atoms with Gasteiger partial charge in [-0.15, -0.1) is 4.40 Å². The van der Waals surface area contributed by atoms with Gasteiger partial charge in [0, 0.05) is 30.8 Å². The second-order valence-electron chi connectivity index (χ2n) is 4.65. The number of sulfonamides is 1.